The van der Waals surface area contributed by atoms with Gasteiger partial charge in [-0.05, 0) is 82.0 Å². The van der Waals surface area contributed by atoms with Gasteiger partial charge in [0.05, 0.1) is 12.2 Å². The highest BCUT2D eigenvalue weighted by Gasteiger charge is 2.64. The molecule has 0 amide bonds. The summed E-state index contributed by atoms with van der Waals surface area (Å²) in [6, 6.07) is 0. The van der Waals surface area contributed by atoms with E-state index in [-0.39, 0.29) is 0 Å². The lowest BCUT2D eigenvalue weighted by Gasteiger charge is -2.19. The van der Waals surface area contributed by atoms with Gasteiger partial charge in [0.1, 0.15) is 0 Å². The maximum absolute atomic E-state index is 6.00. The number of alkyl halides is 4. The first kappa shape index (κ1) is 24.5. The second kappa shape index (κ2) is 11.7. The number of allylic oxidation sites excluding steroid dienone is 6. The molecule has 0 aromatic heterocycles. The molecule has 0 aromatic carbocycles. The van der Waals surface area contributed by atoms with Crippen LogP contribution in [0.2, 0.25) is 0 Å². The number of hydrogen-bond donors (Lipinski definition) is 0. The summed E-state index contributed by atoms with van der Waals surface area (Å²) in [4.78, 5) is 0. The molecule has 31 heavy (non-hydrogen) atoms. The lowest BCUT2D eigenvalue weighted by Crippen LogP contribution is -2.13. The normalized spacial score (nSPS) is 46.8. The number of hydrogen-bond acceptors (Lipinski definition) is 1. The molecule has 4 saturated carbocycles. The Kier molecular flexibility index (Phi) is 9.20. The van der Waals surface area contributed by atoms with Gasteiger partial charge in [0.25, 0.3) is 0 Å². The molecule has 8 unspecified atom stereocenters. The molecule has 174 valence electrons. The SMILES string of the molecule is C1=CCCC=C1.ClC1C2C=CCCC12.ClC1C2CCC3OC3C12.ClC1CCC(Cl)CC1. The molecule has 1 aliphatic heterocycles. The van der Waals surface area contributed by atoms with E-state index in [2.05, 4.69) is 36.5 Å². The molecule has 6 aliphatic carbocycles. The van der Waals surface area contributed by atoms with Gasteiger partial charge in [-0.3, -0.25) is 0 Å². The number of epoxide rings is 1. The predicted molar refractivity (Wildman–Crippen MR) is 135 cm³/mol. The lowest BCUT2D eigenvalue weighted by molar-refractivity contribution is 0.361. The van der Waals surface area contributed by atoms with E-state index in [1.54, 1.807) is 0 Å². The van der Waals surface area contributed by atoms with E-state index in [0.29, 0.717) is 33.7 Å². The van der Waals surface area contributed by atoms with Crippen molar-refractivity contribution in [1.29, 1.82) is 0 Å². The highest BCUT2D eigenvalue weighted by Crippen LogP contribution is 2.60. The smallest absolute Gasteiger partial charge is 0.0887 e. The van der Waals surface area contributed by atoms with Crippen LogP contribution in [0.5, 0.6) is 0 Å². The first-order valence-corrected chi connectivity index (χ1v) is 14.0. The molecule has 0 radical (unpaired) electrons. The second-order valence-corrected chi connectivity index (χ2v) is 12.1. The van der Waals surface area contributed by atoms with Crippen molar-refractivity contribution in [1.82, 2.24) is 0 Å². The van der Waals surface area contributed by atoms with Crippen molar-refractivity contribution in [3.63, 3.8) is 0 Å². The molecule has 7 rings (SSSR count). The minimum Gasteiger partial charge on any atom is -0.369 e. The van der Waals surface area contributed by atoms with E-state index in [0.717, 1.165) is 49.4 Å². The average molecular weight is 506 g/mol. The maximum atomic E-state index is 6.00. The first-order chi connectivity index (χ1) is 15.1. The van der Waals surface area contributed by atoms with Gasteiger partial charge in [-0.15, -0.1) is 46.4 Å². The Bertz CT molecular complexity index is 630. The molecule has 0 N–H and O–H groups in total. The summed E-state index contributed by atoms with van der Waals surface area (Å²) in [5, 5.41) is 1.78. The predicted octanol–water partition coefficient (Wildman–Crippen LogP) is 8.26. The molecule has 7 aliphatic rings. The summed E-state index contributed by atoms with van der Waals surface area (Å²) in [6.45, 7) is 0. The quantitative estimate of drug-likeness (QED) is 0.183. The molecule has 1 nitrogen and oxygen atoms in total. The summed E-state index contributed by atoms with van der Waals surface area (Å²) >= 11 is 23.6. The van der Waals surface area contributed by atoms with Gasteiger partial charge in [0.15, 0.2) is 0 Å². The van der Waals surface area contributed by atoms with Gasteiger partial charge in [-0.25, -0.2) is 0 Å². The Morgan fingerprint density at radius 2 is 1.26 bits per heavy atom. The van der Waals surface area contributed by atoms with Gasteiger partial charge < -0.3 is 4.74 Å². The Morgan fingerprint density at radius 3 is 1.71 bits per heavy atom. The van der Waals surface area contributed by atoms with Crippen LogP contribution in [0.25, 0.3) is 0 Å². The highest BCUT2D eigenvalue weighted by atomic mass is 35.5. The van der Waals surface area contributed by atoms with Crippen LogP contribution in [0.15, 0.2) is 36.5 Å². The molecule has 1 heterocycles. The molecule has 1 saturated heterocycles. The Balaban J connectivity index is 0.000000101. The summed E-state index contributed by atoms with van der Waals surface area (Å²) in [6.07, 6.45) is 26.3. The van der Waals surface area contributed by atoms with Crippen LogP contribution in [0, 0.1) is 23.7 Å². The van der Waals surface area contributed by atoms with E-state index >= 15 is 0 Å². The minimum atomic E-state index is 0.407. The van der Waals surface area contributed by atoms with E-state index in [4.69, 9.17) is 51.1 Å². The molecule has 5 fully saturated rings. The molecule has 0 spiro atoms. The third kappa shape index (κ3) is 7.16. The van der Waals surface area contributed by atoms with E-state index in [1.807, 2.05) is 0 Å². The second-order valence-electron chi connectivity index (χ2n) is 9.88. The highest BCUT2D eigenvalue weighted by molar-refractivity contribution is 6.23. The standard InChI is InChI=1S/C7H9ClO.C7H9Cl.C6H10Cl2.C6H8/c8-6-3-1-2-4-7(9-4)5(3)6;8-7-5-3-1-2-4-6(5)7;7-5-1-2-6(8)4-3-5;1-2-4-6-5-3-1/h3-7H,1-2H2;1,3,5-7H,2,4H2;5-6H,1-4H2;1-4H,5-6H2. The molecule has 5 heteroatoms. The third-order valence-electron chi connectivity index (χ3n) is 7.54. The van der Waals surface area contributed by atoms with Gasteiger partial charge >= 0.3 is 0 Å². The van der Waals surface area contributed by atoms with Crippen molar-refractivity contribution in [2.75, 3.05) is 0 Å². The monoisotopic (exact) mass is 504 g/mol. The topological polar surface area (TPSA) is 12.5 Å². The number of rotatable bonds is 0. The fraction of sp³-hybridized carbons (Fsp3) is 0.769. The fourth-order valence-corrected chi connectivity index (χ4v) is 6.80. The minimum absolute atomic E-state index is 0.407. The zero-order valence-electron chi connectivity index (χ0n) is 18.2. The van der Waals surface area contributed by atoms with Gasteiger partial charge in [-0.2, -0.15) is 0 Å². The summed E-state index contributed by atoms with van der Waals surface area (Å²) in [7, 11) is 0. The Morgan fingerprint density at radius 1 is 0.613 bits per heavy atom. The van der Waals surface area contributed by atoms with Crippen LogP contribution in [-0.4, -0.2) is 33.7 Å². The van der Waals surface area contributed by atoms with Gasteiger partial charge in [0.2, 0.25) is 0 Å². The lowest BCUT2D eigenvalue weighted by atomic mass is 10.00. The number of halogens is 4. The van der Waals surface area contributed by atoms with Crippen molar-refractivity contribution in [3.8, 4) is 0 Å². The zero-order valence-corrected chi connectivity index (χ0v) is 21.3. The molecule has 0 bridgehead atoms. The van der Waals surface area contributed by atoms with Gasteiger partial charge in [-0.1, -0.05) is 36.5 Å². The molecular weight excluding hydrogens is 470 g/mol. The van der Waals surface area contributed by atoms with E-state index in [9.17, 15) is 0 Å². The summed E-state index contributed by atoms with van der Waals surface area (Å²) in [5.41, 5.74) is 0. The van der Waals surface area contributed by atoms with Crippen molar-refractivity contribution in [3.05, 3.63) is 36.5 Å². The van der Waals surface area contributed by atoms with Crippen LogP contribution in [0.4, 0.5) is 0 Å². The average Bonchev–Trinajstić information content (AvgIpc) is 3.75. The van der Waals surface area contributed by atoms with Crippen molar-refractivity contribution in [2.24, 2.45) is 23.7 Å². The van der Waals surface area contributed by atoms with Crippen LogP contribution in [0.1, 0.15) is 64.2 Å². The van der Waals surface area contributed by atoms with Crippen LogP contribution in [-0.2, 0) is 4.74 Å². The Labute approximate surface area is 208 Å². The van der Waals surface area contributed by atoms with E-state index in [1.165, 1.54) is 38.5 Å². The van der Waals surface area contributed by atoms with Crippen molar-refractivity contribution >= 4 is 46.4 Å². The van der Waals surface area contributed by atoms with E-state index < -0.39 is 0 Å². The Hall–Kier alpha value is 0.340. The summed E-state index contributed by atoms with van der Waals surface area (Å²) in [5.74, 6) is 3.19. The molecular formula is C26H36Cl4O. The number of fused-ring (bicyclic) bond motifs is 4. The van der Waals surface area contributed by atoms with Crippen molar-refractivity contribution in [2.45, 2.75) is 97.9 Å². The molecule has 8 atom stereocenters. The van der Waals surface area contributed by atoms with Crippen LogP contribution in [0.3, 0.4) is 0 Å². The number of ether oxygens (including phenoxy) is 1. The first-order valence-electron chi connectivity index (χ1n) is 12.3. The molecule has 0 aromatic rings. The maximum Gasteiger partial charge on any atom is 0.0887 e. The summed E-state index contributed by atoms with van der Waals surface area (Å²) < 4.78 is 5.42. The van der Waals surface area contributed by atoms with Crippen LogP contribution >= 0.6 is 46.4 Å². The van der Waals surface area contributed by atoms with Crippen LogP contribution < -0.4 is 0 Å². The largest absolute Gasteiger partial charge is 0.369 e. The fourth-order valence-electron chi connectivity index (χ4n) is 5.27. The zero-order chi connectivity index (χ0) is 21.8. The third-order valence-corrected chi connectivity index (χ3v) is 9.64. The van der Waals surface area contributed by atoms with Crippen molar-refractivity contribution < 1.29 is 4.74 Å². The van der Waals surface area contributed by atoms with Gasteiger partial charge in [0, 0.05) is 27.4 Å².